The molecule has 108 valence electrons. The Balaban J connectivity index is 3.13. The van der Waals surface area contributed by atoms with Crippen LogP contribution < -0.4 is 4.74 Å². The predicted octanol–water partition coefficient (Wildman–Crippen LogP) is 3.17. The number of rotatable bonds is 5. The highest BCUT2D eigenvalue weighted by molar-refractivity contribution is 5.36. The minimum atomic E-state index is -4.84. The second-order valence-electron chi connectivity index (χ2n) is 4.30. The van der Waals surface area contributed by atoms with Gasteiger partial charge in [0, 0.05) is 5.56 Å². The molecule has 2 N–H and O–H groups in total. The Kier molecular flexibility index (Phi) is 4.81. The van der Waals surface area contributed by atoms with Crippen LogP contribution in [0.4, 0.5) is 13.2 Å². The minimum Gasteiger partial charge on any atom is -0.405 e. The molecule has 1 atom stereocenters. The summed E-state index contributed by atoms with van der Waals surface area (Å²) in [6.45, 7) is 3.31. The van der Waals surface area contributed by atoms with Gasteiger partial charge in [-0.2, -0.15) is 0 Å². The molecule has 0 fully saturated rings. The lowest BCUT2D eigenvalue weighted by Gasteiger charge is -2.32. The van der Waals surface area contributed by atoms with Gasteiger partial charge in [0.1, 0.15) is 11.9 Å². The molecule has 0 aliphatic rings. The van der Waals surface area contributed by atoms with Crippen LogP contribution in [-0.2, 0) is 0 Å². The monoisotopic (exact) mass is 278 g/mol. The maximum Gasteiger partial charge on any atom is 0.573 e. The van der Waals surface area contributed by atoms with Crippen molar-refractivity contribution in [3.63, 3.8) is 0 Å². The first kappa shape index (κ1) is 15.8. The van der Waals surface area contributed by atoms with E-state index < -0.39 is 23.8 Å². The van der Waals surface area contributed by atoms with Crippen molar-refractivity contribution in [2.45, 2.75) is 44.8 Å². The number of aliphatic hydroxyl groups is 2. The normalized spacial score (nSPS) is 14.3. The lowest BCUT2D eigenvalue weighted by Crippen LogP contribution is -2.35. The Bertz CT molecular complexity index is 414. The van der Waals surface area contributed by atoms with Crippen molar-refractivity contribution < 1.29 is 28.1 Å². The fourth-order valence-corrected chi connectivity index (χ4v) is 1.85. The summed E-state index contributed by atoms with van der Waals surface area (Å²) < 4.78 is 40.7. The van der Waals surface area contributed by atoms with Gasteiger partial charge in [-0.3, -0.25) is 0 Å². The molecule has 6 heteroatoms. The average Bonchev–Trinajstić information content (AvgIpc) is 2.36. The molecule has 0 aliphatic heterocycles. The Morgan fingerprint density at radius 2 is 1.68 bits per heavy atom. The van der Waals surface area contributed by atoms with Crippen molar-refractivity contribution in [1.82, 2.24) is 0 Å². The maximum atomic E-state index is 12.3. The molecule has 0 radical (unpaired) electrons. The van der Waals surface area contributed by atoms with Crippen LogP contribution in [0.1, 0.15) is 38.4 Å². The van der Waals surface area contributed by atoms with Crippen LogP contribution in [0.3, 0.4) is 0 Å². The van der Waals surface area contributed by atoms with Crippen LogP contribution in [0.5, 0.6) is 5.75 Å². The van der Waals surface area contributed by atoms with Gasteiger partial charge in [0.25, 0.3) is 0 Å². The molecule has 0 saturated heterocycles. The molecule has 1 unspecified atom stereocenters. The number of benzene rings is 1. The van der Waals surface area contributed by atoms with E-state index in [1.807, 2.05) is 0 Å². The number of aliphatic hydroxyl groups excluding tert-OH is 1. The van der Waals surface area contributed by atoms with E-state index in [1.54, 1.807) is 13.8 Å². The van der Waals surface area contributed by atoms with E-state index in [0.29, 0.717) is 0 Å². The average molecular weight is 278 g/mol. The highest BCUT2D eigenvalue weighted by Gasteiger charge is 2.37. The Hall–Kier alpha value is -1.27. The van der Waals surface area contributed by atoms with Crippen LogP contribution in [0.15, 0.2) is 24.3 Å². The van der Waals surface area contributed by atoms with Gasteiger partial charge in [-0.25, -0.2) is 0 Å². The quantitative estimate of drug-likeness (QED) is 0.869. The summed E-state index contributed by atoms with van der Waals surface area (Å²) >= 11 is 0. The summed E-state index contributed by atoms with van der Waals surface area (Å²) in [6, 6.07) is 5.27. The van der Waals surface area contributed by atoms with Gasteiger partial charge in [0.05, 0.1) is 5.60 Å². The Morgan fingerprint density at radius 3 is 2.16 bits per heavy atom. The van der Waals surface area contributed by atoms with E-state index in [1.165, 1.54) is 18.2 Å². The molecule has 0 saturated carbocycles. The first-order valence-corrected chi connectivity index (χ1v) is 5.98. The molecular weight excluding hydrogens is 261 g/mol. The third-order valence-electron chi connectivity index (χ3n) is 3.17. The first-order valence-electron chi connectivity index (χ1n) is 5.98. The molecule has 19 heavy (non-hydrogen) atoms. The van der Waals surface area contributed by atoms with E-state index in [9.17, 15) is 23.4 Å². The molecule has 0 spiro atoms. The number of hydrogen-bond donors (Lipinski definition) is 2. The van der Waals surface area contributed by atoms with Gasteiger partial charge in [-0.05, 0) is 18.9 Å². The zero-order valence-corrected chi connectivity index (χ0v) is 10.7. The molecule has 0 bridgehead atoms. The molecule has 3 nitrogen and oxygen atoms in total. The number of halogens is 3. The topological polar surface area (TPSA) is 49.7 Å². The van der Waals surface area contributed by atoms with Gasteiger partial charge in [-0.1, -0.05) is 32.0 Å². The molecule has 0 aromatic heterocycles. The van der Waals surface area contributed by atoms with Crippen LogP contribution >= 0.6 is 0 Å². The molecule has 0 aliphatic carbocycles. The van der Waals surface area contributed by atoms with E-state index in [2.05, 4.69) is 4.74 Å². The molecular formula is C13H17F3O3. The van der Waals surface area contributed by atoms with Crippen molar-refractivity contribution in [3.05, 3.63) is 29.8 Å². The molecule has 1 aromatic carbocycles. The van der Waals surface area contributed by atoms with Gasteiger partial charge < -0.3 is 14.9 Å². The summed E-state index contributed by atoms with van der Waals surface area (Å²) in [5.74, 6) is -0.497. The number of alkyl halides is 3. The summed E-state index contributed by atoms with van der Waals surface area (Å²) in [5, 5.41) is 20.3. The standard InChI is InChI=1S/C13H17F3O3/c1-3-12(18,4-2)11(17)9-7-5-6-8-10(9)19-13(14,15)16/h5-8,11,17-18H,3-4H2,1-2H3. The summed E-state index contributed by atoms with van der Waals surface area (Å²) in [6.07, 6.45) is -5.86. The van der Waals surface area contributed by atoms with Crippen molar-refractivity contribution in [3.8, 4) is 5.75 Å². The van der Waals surface area contributed by atoms with E-state index in [4.69, 9.17) is 0 Å². The van der Waals surface area contributed by atoms with Crippen LogP contribution in [0, 0.1) is 0 Å². The zero-order valence-electron chi connectivity index (χ0n) is 10.7. The second-order valence-corrected chi connectivity index (χ2v) is 4.30. The van der Waals surface area contributed by atoms with Crippen LogP contribution in [0.25, 0.3) is 0 Å². The summed E-state index contributed by atoms with van der Waals surface area (Å²) in [5.41, 5.74) is -1.56. The molecule has 0 heterocycles. The van der Waals surface area contributed by atoms with Crippen LogP contribution in [0.2, 0.25) is 0 Å². The second kappa shape index (κ2) is 5.79. The summed E-state index contributed by atoms with van der Waals surface area (Å²) in [7, 11) is 0. The minimum absolute atomic E-state index is 0.0778. The fraction of sp³-hybridized carbons (Fsp3) is 0.538. The van der Waals surface area contributed by atoms with E-state index in [0.717, 1.165) is 6.07 Å². The van der Waals surface area contributed by atoms with Crippen molar-refractivity contribution in [1.29, 1.82) is 0 Å². The Morgan fingerprint density at radius 1 is 1.16 bits per heavy atom. The van der Waals surface area contributed by atoms with Crippen molar-refractivity contribution in [2.24, 2.45) is 0 Å². The van der Waals surface area contributed by atoms with Crippen LogP contribution in [-0.4, -0.2) is 22.2 Å². The third kappa shape index (κ3) is 3.84. The SMILES string of the molecule is CCC(O)(CC)C(O)c1ccccc1OC(F)(F)F. The Labute approximate surface area is 109 Å². The highest BCUT2D eigenvalue weighted by atomic mass is 19.4. The van der Waals surface area contributed by atoms with E-state index in [-0.39, 0.29) is 18.4 Å². The zero-order chi connectivity index (χ0) is 14.7. The molecule has 1 aromatic rings. The molecule has 1 rings (SSSR count). The largest absolute Gasteiger partial charge is 0.573 e. The lowest BCUT2D eigenvalue weighted by atomic mass is 9.86. The van der Waals surface area contributed by atoms with Crippen molar-refractivity contribution >= 4 is 0 Å². The highest BCUT2D eigenvalue weighted by Crippen LogP contribution is 2.37. The lowest BCUT2D eigenvalue weighted by molar-refractivity contribution is -0.275. The number of para-hydroxylation sites is 1. The van der Waals surface area contributed by atoms with Gasteiger partial charge in [0.2, 0.25) is 0 Å². The number of hydrogen-bond acceptors (Lipinski definition) is 3. The summed E-state index contributed by atoms with van der Waals surface area (Å²) in [4.78, 5) is 0. The first-order chi connectivity index (χ1) is 8.73. The van der Waals surface area contributed by atoms with Gasteiger partial charge in [0.15, 0.2) is 0 Å². The smallest absolute Gasteiger partial charge is 0.405 e. The third-order valence-corrected chi connectivity index (χ3v) is 3.17. The van der Waals surface area contributed by atoms with Crippen molar-refractivity contribution in [2.75, 3.05) is 0 Å². The van der Waals surface area contributed by atoms with E-state index >= 15 is 0 Å². The van der Waals surface area contributed by atoms with Gasteiger partial charge >= 0.3 is 6.36 Å². The number of ether oxygens (including phenoxy) is 1. The molecule has 0 amide bonds. The predicted molar refractivity (Wildman–Crippen MR) is 63.6 cm³/mol. The maximum absolute atomic E-state index is 12.3. The fourth-order valence-electron chi connectivity index (χ4n) is 1.85. The van der Waals surface area contributed by atoms with Gasteiger partial charge in [-0.15, -0.1) is 13.2 Å².